The van der Waals surface area contributed by atoms with Gasteiger partial charge in [-0.25, -0.2) is 0 Å². The predicted molar refractivity (Wildman–Crippen MR) is 104 cm³/mol. The van der Waals surface area contributed by atoms with Gasteiger partial charge in [0.2, 0.25) is 11.8 Å². The van der Waals surface area contributed by atoms with Gasteiger partial charge in [-0.3, -0.25) is 9.59 Å². The summed E-state index contributed by atoms with van der Waals surface area (Å²) in [5.41, 5.74) is 7.71. The molecule has 0 radical (unpaired) electrons. The van der Waals surface area contributed by atoms with E-state index in [1.165, 1.54) is 0 Å². The largest absolute Gasteiger partial charge is 0.345 e. The number of nitrogens with two attached hydrogens (primary N) is 1. The predicted octanol–water partition coefficient (Wildman–Crippen LogP) is 2.47. The van der Waals surface area contributed by atoms with Crippen molar-refractivity contribution >= 4 is 29.9 Å². The van der Waals surface area contributed by atoms with Crippen LogP contribution in [0.2, 0.25) is 0 Å². The highest BCUT2D eigenvalue weighted by molar-refractivity contribution is 6.00. The zero-order valence-electron chi connectivity index (χ0n) is 15.6. The van der Waals surface area contributed by atoms with Crippen LogP contribution in [0.3, 0.4) is 0 Å². The fourth-order valence-electron chi connectivity index (χ4n) is 3.28. The van der Waals surface area contributed by atoms with Gasteiger partial charge in [0.15, 0.2) is 0 Å². The fourth-order valence-corrected chi connectivity index (χ4v) is 3.28. The van der Waals surface area contributed by atoms with Crippen molar-refractivity contribution in [3.63, 3.8) is 0 Å². The lowest BCUT2D eigenvalue weighted by Gasteiger charge is -2.30. The topological polar surface area (TPSA) is 66.6 Å². The van der Waals surface area contributed by atoms with Crippen LogP contribution in [0.1, 0.15) is 32.8 Å². The van der Waals surface area contributed by atoms with Crippen LogP contribution >= 0.6 is 12.4 Å². The number of benzene rings is 1. The van der Waals surface area contributed by atoms with Gasteiger partial charge in [-0.05, 0) is 30.0 Å². The molecule has 6 heteroatoms. The summed E-state index contributed by atoms with van der Waals surface area (Å²) in [4.78, 5) is 28.7. The second-order valence-electron chi connectivity index (χ2n) is 7.45. The van der Waals surface area contributed by atoms with Crippen LogP contribution in [0, 0.1) is 11.3 Å². The molecule has 1 atom stereocenters. The summed E-state index contributed by atoms with van der Waals surface area (Å²) in [6, 6.07) is 7.92. The summed E-state index contributed by atoms with van der Waals surface area (Å²) in [6.07, 6.45) is 1.15. The van der Waals surface area contributed by atoms with E-state index < -0.39 is 0 Å². The lowest BCUT2D eigenvalue weighted by atomic mass is 9.92. The van der Waals surface area contributed by atoms with E-state index in [4.69, 9.17) is 5.73 Å². The summed E-state index contributed by atoms with van der Waals surface area (Å²) in [7, 11) is 1.80. The van der Waals surface area contributed by atoms with Gasteiger partial charge < -0.3 is 15.5 Å². The molecule has 0 spiro atoms. The first-order valence-corrected chi connectivity index (χ1v) is 8.62. The summed E-state index contributed by atoms with van der Waals surface area (Å²) in [5.74, 6) is -0.219. The Morgan fingerprint density at radius 1 is 1.36 bits per heavy atom. The molecule has 2 amide bonds. The lowest BCUT2D eigenvalue weighted by Crippen LogP contribution is -2.42. The van der Waals surface area contributed by atoms with Gasteiger partial charge in [0.1, 0.15) is 0 Å². The first-order valence-electron chi connectivity index (χ1n) is 8.62. The van der Waals surface area contributed by atoms with E-state index in [1.807, 2.05) is 38.1 Å². The number of halogens is 1. The monoisotopic (exact) mass is 367 g/mol. The van der Waals surface area contributed by atoms with Gasteiger partial charge in [-0.2, -0.15) is 0 Å². The van der Waals surface area contributed by atoms with Crippen LogP contribution in [0.4, 0.5) is 5.69 Å². The Balaban J connectivity index is 0.00000312. The molecule has 0 aliphatic carbocycles. The second-order valence-corrected chi connectivity index (χ2v) is 7.45. The summed E-state index contributed by atoms with van der Waals surface area (Å²) >= 11 is 0. The molecule has 1 saturated heterocycles. The highest BCUT2D eigenvalue weighted by Crippen LogP contribution is 2.29. The van der Waals surface area contributed by atoms with Crippen LogP contribution in [0.25, 0.3) is 0 Å². The van der Waals surface area contributed by atoms with Gasteiger partial charge in [0.05, 0.1) is 5.92 Å². The maximum absolute atomic E-state index is 12.7. The fraction of sp³-hybridized carbons (Fsp3) is 0.579. The number of hydrogen-bond acceptors (Lipinski definition) is 3. The van der Waals surface area contributed by atoms with Crippen molar-refractivity contribution < 1.29 is 9.59 Å². The van der Waals surface area contributed by atoms with E-state index >= 15 is 0 Å². The van der Waals surface area contributed by atoms with Crippen molar-refractivity contribution in [1.29, 1.82) is 0 Å². The average Bonchev–Trinajstić information content (AvgIpc) is 2.95. The van der Waals surface area contributed by atoms with Crippen LogP contribution < -0.4 is 10.6 Å². The third-order valence-corrected chi connectivity index (χ3v) is 4.73. The molecule has 1 unspecified atom stereocenters. The number of para-hydroxylation sites is 1. The van der Waals surface area contributed by atoms with E-state index in [-0.39, 0.29) is 42.0 Å². The van der Waals surface area contributed by atoms with Crippen molar-refractivity contribution in [2.75, 3.05) is 31.6 Å². The molecule has 1 aromatic carbocycles. The molecular formula is C19H30ClN3O2. The normalized spacial score (nSPS) is 17.4. The SMILES string of the molecule is CCc1ccccc1N1CC(C(=O)N(C)CC(C)(C)CN)CC1=O.Cl. The first-order chi connectivity index (χ1) is 11.3. The van der Waals surface area contributed by atoms with Gasteiger partial charge in [-0.15, -0.1) is 12.4 Å². The summed E-state index contributed by atoms with van der Waals surface area (Å²) in [6.45, 7) is 7.73. The van der Waals surface area contributed by atoms with Crippen molar-refractivity contribution in [3.8, 4) is 0 Å². The van der Waals surface area contributed by atoms with Crippen LogP contribution in [-0.2, 0) is 16.0 Å². The second kappa shape index (κ2) is 8.68. The Kier molecular flexibility index (Phi) is 7.44. The molecule has 0 saturated carbocycles. The average molecular weight is 368 g/mol. The summed E-state index contributed by atoms with van der Waals surface area (Å²) in [5, 5.41) is 0. The molecule has 0 aromatic heterocycles. The molecule has 2 rings (SSSR count). The minimum Gasteiger partial charge on any atom is -0.345 e. The third-order valence-electron chi connectivity index (χ3n) is 4.73. The zero-order chi connectivity index (χ0) is 17.9. The quantitative estimate of drug-likeness (QED) is 0.839. The van der Waals surface area contributed by atoms with Crippen LogP contribution in [0.15, 0.2) is 24.3 Å². The molecule has 0 bridgehead atoms. The van der Waals surface area contributed by atoms with Crippen molar-refractivity contribution in [2.45, 2.75) is 33.6 Å². The van der Waals surface area contributed by atoms with E-state index in [2.05, 4.69) is 6.92 Å². The summed E-state index contributed by atoms with van der Waals surface area (Å²) < 4.78 is 0. The molecule has 140 valence electrons. The molecule has 1 aliphatic rings. The van der Waals surface area contributed by atoms with E-state index in [1.54, 1.807) is 16.8 Å². The first kappa shape index (κ1) is 21.5. The number of rotatable bonds is 6. The Labute approximate surface area is 157 Å². The minimum atomic E-state index is -0.277. The smallest absolute Gasteiger partial charge is 0.227 e. The Morgan fingerprint density at radius 3 is 2.60 bits per heavy atom. The Morgan fingerprint density at radius 2 is 2.00 bits per heavy atom. The molecule has 2 N–H and O–H groups in total. The lowest BCUT2D eigenvalue weighted by molar-refractivity contribution is -0.135. The third kappa shape index (κ3) is 4.95. The number of aryl methyl sites for hydroxylation is 1. The zero-order valence-corrected chi connectivity index (χ0v) is 16.4. The molecule has 5 nitrogen and oxygen atoms in total. The molecule has 1 heterocycles. The highest BCUT2D eigenvalue weighted by atomic mass is 35.5. The molecular weight excluding hydrogens is 338 g/mol. The highest BCUT2D eigenvalue weighted by Gasteiger charge is 2.37. The van der Waals surface area contributed by atoms with Crippen LogP contribution in [0.5, 0.6) is 0 Å². The number of hydrogen-bond donors (Lipinski definition) is 1. The molecule has 25 heavy (non-hydrogen) atoms. The Bertz CT molecular complexity index is 618. The number of amides is 2. The maximum Gasteiger partial charge on any atom is 0.227 e. The van der Waals surface area contributed by atoms with Crippen LogP contribution in [-0.4, -0.2) is 43.4 Å². The minimum absolute atomic E-state index is 0. The number of carbonyl (C=O) groups excluding carboxylic acids is 2. The standard InChI is InChI=1S/C19H29N3O2.ClH/c1-5-14-8-6-7-9-16(14)22-11-15(10-17(22)23)18(24)21(4)13-19(2,3)12-20;/h6-9,15H,5,10-13,20H2,1-4H3;1H. The van der Waals surface area contributed by atoms with Gasteiger partial charge >= 0.3 is 0 Å². The van der Waals surface area contributed by atoms with Crippen molar-refractivity contribution in [1.82, 2.24) is 4.90 Å². The number of nitrogens with zero attached hydrogens (tertiary/aromatic N) is 2. The van der Waals surface area contributed by atoms with Gasteiger partial charge in [-0.1, -0.05) is 39.0 Å². The number of carbonyl (C=O) groups is 2. The van der Waals surface area contributed by atoms with Crippen molar-refractivity contribution in [3.05, 3.63) is 29.8 Å². The molecule has 1 fully saturated rings. The molecule has 1 aromatic rings. The molecule has 1 aliphatic heterocycles. The number of anilines is 1. The maximum atomic E-state index is 12.7. The Hall–Kier alpha value is -1.59. The van der Waals surface area contributed by atoms with Gasteiger partial charge in [0, 0.05) is 32.2 Å². The van der Waals surface area contributed by atoms with E-state index in [0.29, 0.717) is 19.6 Å². The van der Waals surface area contributed by atoms with E-state index in [9.17, 15) is 9.59 Å². The van der Waals surface area contributed by atoms with Crippen molar-refractivity contribution in [2.24, 2.45) is 17.1 Å². The van der Waals surface area contributed by atoms with E-state index in [0.717, 1.165) is 17.7 Å². The van der Waals surface area contributed by atoms with Gasteiger partial charge in [0.25, 0.3) is 0 Å².